The minimum absolute atomic E-state index is 0.207. The van der Waals surface area contributed by atoms with Crippen LogP contribution < -0.4 is 0 Å². The normalized spacial score (nSPS) is 12.1. The van der Waals surface area contributed by atoms with E-state index in [1.54, 1.807) is 0 Å². The Kier molecular flexibility index (Phi) is 12.0. The minimum atomic E-state index is -1.38. The molecule has 0 aromatic heterocycles. The molecular weight excluding hydrogens is 302 g/mol. The van der Waals surface area contributed by atoms with Crippen molar-refractivity contribution in [3.63, 3.8) is 0 Å². The number of carbonyl (C=O) groups is 3. The summed E-state index contributed by atoms with van der Waals surface area (Å²) in [6.07, 6.45) is 8.39. The van der Waals surface area contributed by atoms with Crippen LogP contribution in [-0.2, 0) is 19.2 Å². The average molecular weight is 331 g/mol. The SMILES string of the molecule is CCCCCCCCCCC(=O)ON(C)[C@@H](CC(=O)O)C(=O)O. The lowest BCUT2D eigenvalue weighted by Crippen LogP contribution is -2.41. The van der Waals surface area contributed by atoms with Crippen molar-refractivity contribution in [3.8, 4) is 0 Å². The number of carboxylic acids is 2. The van der Waals surface area contributed by atoms with Gasteiger partial charge in [-0.25, -0.2) is 0 Å². The van der Waals surface area contributed by atoms with Crippen molar-refractivity contribution >= 4 is 17.9 Å². The first-order valence-electron chi connectivity index (χ1n) is 8.26. The van der Waals surface area contributed by atoms with Gasteiger partial charge in [-0.15, -0.1) is 5.06 Å². The van der Waals surface area contributed by atoms with Crippen molar-refractivity contribution in [3.05, 3.63) is 0 Å². The number of rotatable bonds is 14. The van der Waals surface area contributed by atoms with Crippen LogP contribution in [0.4, 0.5) is 0 Å². The lowest BCUT2D eigenvalue weighted by atomic mass is 10.1. The molecule has 7 heteroatoms. The number of carbonyl (C=O) groups excluding carboxylic acids is 1. The molecule has 134 valence electrons. The van der Waals surface area contributed by atoms with E-state index in [1.807, 2.05) is 0 Å². The predicted molar refractivity (Wildman–Crippen MR) is 84.8 cm³/mol. The van der Waals surface area contributed by atoms with Crippen LogP contribution in [0.2, 0.25) is 0 Å². The van der Waals surface area contributed by atoms with E-state index in [4.69, 9.17) is 15.1 Å². The first kappa shape index (κ1) is 21.4. The van der Waals surface area contributed by atoms with Gasteiger partial charge >= 0.3 is 17.9 Å². The van der Waals surface area contributed by atoms with Crippen molar-refractivity contribution in [1.82, 2.24) is 5.06 Å². The van der Waals surface area contributed by atoms with Gasteiger partial charge in [0.1, 0.15) is 0 Å². The molecule has 0 amide bonds. The van der Waals surface area contributed by atoms with Crippen molar-refractivity contribution in [2.45, 2.75) is 77.2 Å². The molecule has 1 atom stereocenters. The van der Waals surface area contributed by atoms with Crippen LogP contribution in [0, 0.1) is 0 Å². The fourth-order valence-electron chi connectivity index (χ4n) is 2.21. The lowest BCUT2D eigenvalue weighted by Gasteiger charge is -2.21. The van der Waals surface area contributed by atoms with Crippen LogP contribution in [-0.4, -0.2) is 46.3 Å². The van der Waals surface area contributed by atoms with E-state index >= 15 is 0 Å². The fourth-order valence-corrected chi connectivity index (χ4v) is 2.21. The van der Waals surface area contributed by atoms with Crippen molar-refractivity contribution in [1.29, 1.82) is 0 Å². The van der Waals surface area contributed by atoms with Gasteiger partial charge in [0.2, 0.25) is 0 Å². The molecule has 0 saturated carbocycles. The predicted octanol–water partition coefficient (Wildman–Crippen LogP) is 2.84. The second kappa shape index (κ2) is 12.9. The summed E-state index contributed by atoms with van der Waals surface area (Å²) in [6.45, 7) is 2.17. The first-order chi connectivity index (χ1) is 10.9. The van der Waals surface area contributed by atoms with Crippen LogP contribution in [0.3, 0.4) is 0 Å². The Bertz CT molecular complexity index is 372. The van der Waals surface area contributed by atoms with E-state index in [-0.39, 0.29) is 6.42 Å². The van der Waals surface area contributed by atoms with Gasteiger partial charge in [0.05, 0.1) is 6.42 Å². The summed E-state index contributed by atoms with van der Waals surface area (Å²) in [5, 5.41) is 18.4. The minimum Gasteiger partial charge on any atom is -0.481 e. The number of aliphatic carboxylic acids is 2. The molecular formula is C16H29NO6. The largest absolute Gasteiger partial charge is 0.481 e. The van der Waals surface area contributed by atoms with Gasteiger partial charge in [0.25, 0.3) is 0 Å². The molecule has 0 aliphatic carbocycles. The number of hydroxylamine groups is 2. The van der Waals surface area contributed by atoms with E-state index < -0.39 is 30.4 Å². The molecule has 0 saturated heterocycles. The molecule has 0 fully saturated rings. The Morgan fingerprint density at radius 1 is 0.957 bits per heavy atom. The number of nitrogens with zero attached hydrogens (tertiary/aromatic N) is 1. The van der Waals surface area contributed by atoms with Crippen molar-refractivity contribution in [2.75, 3.05) is 7.05 Å². The third-order valence-electron chi connectivity index (χ3n) is 3.57. The summed E-state index contributed by atoms with van der Waals surface area (Å²) in [5.74, 6) is -3.13. The first-order valence-corrected chi connectivity index (χ1v) is 8.26. The van der Waals surface area contributed by atoms with Gasteiger partial charge in [-0.1, -0.05) is 51.9 Å². The number of hydrogen-bond donors (Lipinski definition) is 2. The van der Waals surface area contributed by atoms with Gasteiger partial charge in [-0.05, 0) is 6.42 Å². The highest BCUT2D eigenvalue weighted by molar-refractivity contribution is 5.80. The molecule has 0 bridgehead atoms. The van der Waals surface area contributed by atoms with E-state index in [2.05, 4.69) is 6.92 Å². The maximum absolute atomic E-state index is 11.6. The maximum atomic E-state index is 11.6. The van der Waals surface area contributed by atoms with Crippen LogP contribution in [0.1, 0.15) is 71.1 Å². The summed E-state index contributed by atoms with van der Waals surface area (Å²) in [6, 6.07) is -1.38. The van der Waals surface area contributed by atoms with Gasteiger partial charge < -0.3 is 15.1 Å². The zero-order valence-electron chi connectivity index (χ0n) is 14.1. The number of unbranched alkanes of at least 4 members (excludes halogenated alkanes) is 7. The Labute approximate surface area is 137 Å². The van der Waals surface area contributed by atoms with E-state index in [0.717, 1.165) is 24.3 Å². The molecule has 0 aromatic carbocycles. The maximum Gasteiger partial charge on any atom is 0.325 e. The smallest absolute Gasteiger partial charge is 0.325 e. The number of carboxylic acid groups (broad SMARTS) is 2. The quantitative estimate of drug-likeness (QED) is 0.372. The second-order valence-corrected chi connectivity index (χ2v) is 5.69. The van der Waals surface area contributed by atoms with Crippen LogP contribution in [0.25, 0.3) is 0 Å². The van der Waals surface area contributed by atoms with Crippen molar-refractivity contribution in [2.24, 2.45) is 0 Å². The highest BCUT2D eigenvalue weighted by atomic mass is 16.7. The van der Waals surface area contributed by atoms with E-state index in [9.17, 15) is 14.4 Å². The molecule has 0 spiro atoms. The summed E-state index contributed by atoms with van der Waals surface area (Å²) in [5.41, 5.74) is 0. The standard InChI is InChI=1S/C16H29NO6/c1-3-4-5-6-7-8-9-10-11-15(20)23-17(2)13(16(21)22)12-14(18)19/h13H,3-12H2,1-2H3,(H,18,19)(H,21,22)/t13-/m0/s1. The molecule has 0 unspecified atom stereocenters. The van der Waals surface area contributed by atoms with Gasteiger partial charge in [-0.2, -0.15) is 0 Å². The second-order valence-electron chi connectivity index (χ2n) is 5.69. The summed E-state index contributed by atoms with van der Waals surface area (Å²) >= 11 is 0. The zero-order valence-corrected chi connectivity index (χ0v) is 14.1. The summed E-state index contributed by atoms with van der Waals surface area (Å²) < 4.78 is 0. The van der Waals surface area contributed by atoms with E-state index in [0.29, 0.717) is 6.42 Å². The Balaban J connectivity index is 3.86. The van der Waals surface area contributed by atoms with Crippen LogP contribution >= 0.6 is 0 Å². The Morgan fingerprint density at radius 2 is 1.48 bits per heavy atom. The monoisotopic (exact) mass is 331 g/mol. The third-order valence-corrected chi connectivity index (χ3v) is 3.57. The molecule has 0 aliphatic heterocycles. The van der Waals surface area contributed by atoms with Gasteiger partial charge in [0, 0.05) is 13.5 Å². The topological polar surface area (TPSA) is 104 Å². The number of likely N-dealkylation sites (N-methyl/N-ethyl adjacent to an activating group) is 1. The third kappa shape index (κ3) is 11.6. The molecule has 0 heterocycles. The Morgan fingerprint density at radius 3 is 1.96 bits per heavy atom. The van der Waals surface area contributed by atoms with E-state index in [1.165, 1.54) is 32.7 Å². The molecule has 7 nitrogen and oxygen atoms in total. The molecule has 0 rings (SSSR count). The lowest BCUT2D eigenvalue weighted by molar-refractivity contribution is -0.201. The highest BCUT2D eigenvalue weighted by Crippen LogP contribution is 2.11. The van der Waals surface area contributed by atoms with Gasteiger partial charge in [0.15, 0.2) is 6.04 Å². The molecule has 0 radical (unpaired) electrons. The van der Waals surface area contributed by atoms with Crippen molar-refractivity contribution < 1.29 is 29.4 Å². The number of hydrogen-bond acceptors (Lipinski definition) is 5. The highest BCUT2D eigenvalue weighted by Gasteiger charge is 2.28. The average Bonchev–Trinajstić information content (AvgIpc) is 2.46. The Hall–Kier alpha value is -1.63. The molecule has 0 aromatic rings. The molecule has 2 N–H and O–H groups in total. The van der Waals surface area contributed by atoms with Crippen LogP contribution in [0.5, 0.6) is 0 Å². The molecule has 0 aliphatic rings. The van der Waals surface area contributed by atoms with Crippen LogP contribution in [0.15, 0.2) is 0 Å². The fraction of sp³-hybridized carbons (Fsp3) is 0.812. The summed E-state index contributed by atoms with van der Waals surface area (Å²) in [7, 11) is 1.26. The van der Waals surface area contributed by atoms with Gasteiger partial charge in [-0.3, -0.25) is 14.4 Å². The zero-order chi connectivity index (χ0) is 17.7. The summed E-state index contributed by atoms with van der Waals surface area (Å²) in [4.78, 5) is 38.1. The molecule has 23 heavy (non-hydrogen) atoms.